The number of ketones is 1. The van der Waals surface area contributed by atoms with Crippen molar-refractivity contribution >= 4 is 5.78 Å². The topological polar surface area (TPSA) is 50.1 Å². The lowest BCUT2D eigenvalue weighted by Crippen LogP contribution is -2.12. The third-order valence-electron chi connectivity index (χ3n) is 3.17. The number of carbonyl (C=O) groups is 1. The van der Waals surface area contributed by atoms with Gasteiger partial charge in [-0.15, -0.1) is 0 Å². The molecule has 0 spiro atoms. The van der Waals surface area contributed by atoms with Crippen molar-refractivity contribution < 1.29 is 9.53 Å². The molecule has 3 heteroatoms. The molecule has 2 aromatic carbocycles. The van der Waals surface area contributed by atoms with Crippen LogP contribution in [-0.4, -0.2) is 12.9 Å². The van der Waals surface area contributed by atoms with E-state index in [1.165, 1.54) is 0 Å². The molecule has 0 fully saturated rings. The van der Waals surface area contributed by atoms with E-state index in [1.54, 1.807) is 31.4 Å². The van der Waals surface area contributed by atoms with Gasteiger partial charge in [0, 0.05) is 12.0 Å². The molecule has 1 atom stereocenters. The van der Waals surface area contributed by atoms with Crippen molar-refractivity contribution in [2.75, 3.05) is 7.11 Å². The first kappa shape index (κ1) is 13.8. The summed E-state index contributed by atoms with van der Waals surface area (Å²) >= 11 is 0. The first-order valence-electron chi connectivity index (χ1n) is 6.36. The molecule has 0 aliphatic carbocycles. The van der Waals surface area contributed by atoms with Gasteiger partial charge in [0.1, 0.15) is 5.75 Å². The molecule has 2 aromatic rings. The second-order valence-electron chi connectivity index (χ2n) is 4.42. The second kappa shape index (κ2) is 6.53. The zero-order valence-corrected chi connectivity index (χ0v) is 11.2. The standard InChI is InChI=1S/C17H15NO2/c1-20-15-9-5-8-14(12-15)17(19)16(10-11-18)13-6-3-2-4-7-13/h2-9,12,16H,10H2,1H3/t16-/m0/s1. The molecule has 2 rings (SSSR count). The predicted octanol–water partition coefficient (Wildman–Crippen LogP) is 3.58. The molecule has 0 unspecified atom stereocenters. The van der Waals surface area contributed by atoms with E-state index in [4.69, 9.17) is 10.00 Å². The van der Waals surface area contributed by atoms with Crippen LogP contribution in [0.2, 0.25) is 0 Å². The Hall–Kier alpha value is -2.60. The van der Waals surface area contributed by atoms with Crippen LogP contribution >= 0.6 is 0 Å². The molecule has 0 heterocycles. The minimum Gasteiger partial charge on any atom is -0.497 e. The molecule has 0 bridgehead atoms. The Morgan fingerprint density at radius 2 is 1.95 bits per heavy atom. The summed E-state index contributed by atoms with van der Waals surface area (Å²) in [7, 11) is 1.56. The average Bonchev–Trinajstić information content (AvgIpc) is 2.53. The fourth-order valence-corrected chi connectivity index (χ4v) is 2.12. The molecule has 0 aromatic heterocycles. The number of nitriles is 1. The molecule has 0 saturated heterocycles. The Morgan fingerprint density at radius 3 is 2.60 bits per heavy atom. The van der Waals surface area contributed by atoms with Crippen molar-refractivity contribution in [3.8, 4) is 11.8 Å². The molecule has 0 amide bonds. The third-order valence-corrected chi connectivity index (χ3v) is 3.17. The lowest BCUT2D eigenvalue weighted by molar-refractivity contribution is 0.0960. The molecule has 100 valence electrons. The van der Waals surface area contributed by atoms with Crippen LogP contribution in [0.4, 0.5) is 0 Å². The number of hydrogen-bond acceptors (Lipinski definition) is 3. The Kier molecular flexibility index (Phi) is 4.52. The number of Topliss-reactive ketones (excluding diaryl/α,β-unsaturated/α-hetero) is 1. The number of carbonyl (C=O) groups excluding carboxylic acids is 1. The summed E-state index contributed by atoms with van der Waals surface area (Å²) in [6, 6.07) is 18.5. The number of rotatable bonds is 5. The number of nitrogens with zero attached hydrogens (tertiary/aromatic N) is 1. The van der Waals surface area contributed by atoms with Gasteiger partial charge in [0.25, 0.3) is 0 Å². The molecule has 0 saturated carbocycles. The molecular formula is C17H15NO2. The van der Waals surface area contributed by atoms with Gasteiger partial charge in [-0.25, -0.2) is 0 Å². The van der Waals surface area contributed by atoms with E-state index >= 15 is 0 Å². The highest BCUT2D eigenvalue weighted by Crippen LogP contribution is 2.25. The Balaban J connectivity index is 2.34. The number of hydrogen-bond donors (Lipinski definition) is 0. The van der Waals surface area contributed by atoms with Gasteiger partial charge in [0.05, 0.1) is 19.1 Å². The maximum Gasteiger partial charge on any atom is 0.171 e. The number of benzene rings is 2. The highest BCUT2D eigenvalue weighted by Gasteiger charge is 2.22. The van der Waals surface area contributed by atoms with E-state index in [2.05, 4.69) is 6.07 Å². The maximum atomic E-state index is 12.6. The maximum absolute atomic E-state index is 12.6. The molecule has 0 aliphatic rings. The summed E-state index contributed by atoms with van der Waals surface area (Å²) in [4.78, 5) is 12.6. The minimum atomic E-state index is -0.437. The molecule has 0 aliphatic heterocycles. The predicted molar refractivity (Wildman–Crippen MR) is 76.7 cm³/mol. The van der Waals surface area contributed by atoms with E-state index < -0.39 is 5.92 Å². The van der Waals surface area contributed by atoms with E-state index in [1.807, 2.05) is 30.3 Å². The van der Waals surface area contributed by atoms with Gasteiger partial charge in [-0.3, -0.25) is 4.79 Å². The fraction of sp³-hybridized carbons (Fsp3) is 0.176. The summed E-state index contributed by atoms with van der Waals surface area (Å²) in [5.74, 6) is 0.143. The van der Waals surface area contributed by atoms with E-state index in [0.29, 0.717) is 11.3 Å². The van der Waals surface area contributed by atoms with Gasteiger partial charge in [-0.05, 0) is 17.7 Å². The minimum absolute atomic E-state index is 0.0587. The lowest BCUT2D eigenvalue weighted by atomic mass is 9.88. The van der Waals surface area contributed by atoms with Gasteiger partial charge in [0.2, 0.25) is 0 Å². The van der Waals surface area contributed by atoms with Crippen LogP contribution in [0, 0.1) is 11.3 Å². The van der Waals surface area contributed by atoms with Crippen LogP contribution in [0.15, 0.2) is 54.6 Å². The average molecular weight is 265 g/mol. The molecule has 0 N–H and O–H groups in total. The smallest absolute Gasteiger partial charge is 0.171 e. The van der Waals surface area contributed by atoms with Gasteiger partial charge in [-0.2, -0.15) is 5.26 Å². The third kappa shape index (κ3) is 3.04. The quantitative estimate of drug-likeness (QED) is 0.776. The first-order chi connectivity index (χ1) is 9.76. The normalized spacial score (nSPS) is 11.4. The highest BCUT2D eigenvalue weighted by molar-refractivity contribution is 6.01. The van der Waals surface area contributed by atoms with Gasteiger partial charge in [-0.1, -0.05) is 42.5 Å². The Labute approximate surface area is 118 Å². The number of methoxy groups -OCH3 is 1. The summed E-state index contributed by atoms with van der Waals surface area (Å²) < 4.78 is 5.13. The van der Waals surface area contributed by atoms with Gasteiger partial charge in [0.15, 0.2) is 5.78 Å². The Morgan fingerprint density at radius 1 is 1.20 bits per heavy atom. The molecule has 0 radical (unpaired) electrons. The van der Waals surface area contributed by atoms with Gasteiger partial charge < -0.3 is 4.74 Å². The highest BCUT2D eigenvalue weighted by atomic mass is 16.5. The van der Waals surface area contributed by atoms with Crippen molar-refractivity contribution in [1.82, 2.24) is 0 Å². The Bertz CT molecular complexity index is 629. The monoisotopic (exact) mass is 265 g/mol. The van der Waals surface area contributed by atoms with E-state index in [0.717, 1.165) is 5.56 Å². The van der Waals surface area contributed by atoms with Crippen LogP contribution in [0.1, 0.15) is 28.3 Å². The fourth-order valence-electron chi connectivity index (χ4n) is 2.12. The van der Waals surface area contributed by atoms with E-state index in [-0.39, 0.29) is 12.2 Å². The molecule has 3 nitrogen and oxygen atoms in total. The molecule has 20 heavy (non-hydrogen) atoms. The van der Waals surface area contributed by atoms with Crippen LogP contribution in [0.25, 0.3) is 0 Å². The van der Waals surface area contributed by atoms with Crippen LogP contribution in [-0.2, 0) is 0 Å². The van der Waals surface area contributed by atoms with Crippen molar-refractivity contribution in [1.29, 1.82) is 5.26 Å². The summed E-state index contributed by atoms with van der Waals surface area (Å²) in [5.41, 5.74) is 1.43. The van der Waals surface area contributed by atoms with Crippen molar-refractivity contribution in [3.63, 3.8) is 0 Å². The summed E-state index contributed by atoms with van der Waals surface area (Å²) in [6.07, 6.45) is 0.167. The SMILES string of the molecule is COc1cccc(C(=O)[C@@H](CC#N)c2ccccc2)c1. The van der Waals surface area contributed by atoms with Gasteiger partial charge >= 0.3 is 0 Å². The van der Waals surface area contributed by atoms with Crippen LogP contribution < -0.4 is 4.74 Å². The van der Waals surface area contributed by atoms with Crippen molar-refractivity contribution in [2.45, 2.75) is 12.3 Å². The molecular weight excluding hydrogens is 250 g/mol. The van der Waals surface area contributed by atoms with Crippen LogP contribution in [0.3, 0.4) is 0 Å². The van der Waals surface area contributed by atoms with Crippen molar-refractivity contribution in [2.24, 2.45) is 0 Å². The first-order valence-corrected chi connectivity index (χ1v) is 6.36. The second-order valence-corrected chi connectivity index (χ2v) is 4.42. The lowest BCUT2D eigenvalue weighted by Gasteiger charge is -2.13. The number of ether oxygens (including phenoxy) is 1. The summed E-state index contributed by atoms with van der Waals surface area (Å²) in [6.45, 7) is 0. The van der Waals surface area contributed by atoms with Crippen molar-refractivity contribution in [3.05, 3.63) is 65.7 Å². The summed E-state index contributed by atoms with van der Waals surface area (Å²) in [5, 5.41) is 8.97. The van der Waals surface area contributed by atoms with E-state index in [9.17, 15) is 4.79 Å². The largest absolute Gasteiger partial charge is 0.497 e. The zero-order valence-electron chi connectivity index (χ0n) is 11.2. The van der Waals surface area contributed by atoms with Crippen LogP contribution in [0.5, 0.6) is 5.75 Å². The zero-order chi connectivity index (χ0) is 14.4.